The number of unbranched alkanes of at least 4 members (excludes halogenated alkanes) is 6. The molecule has 1 amide bonds. The highest BCUT2D eigenvalue weighted by molar-refractivity contribution is 5.85. The molecule has 0 fully saturated rings. The predicted molar refractivity (Wildman–Crippen MR) is 108 cm³/mol. The zero-order valence-corrected chi connectivity index (χ0v) is 17.3. The molecular formula is C21H33NO6. The van der Waals surface area contributed by atoms with Gasteiger partial charge in [-0.2, -0.15) is 0 Å². The second kappa shape index (κ2) is 14.6. The molecule has 0 heterocycles. The van der Waals surface area contributed by atoms with E-state index in [1.807, 2.05) is 0 Å². The van der Waals surface area contributed by atoms with Gasteiger partial charge in [-0.15, -0.1) is 0 Å². The molecule has 28 heavy (non-hydrogen) atoms. The summed E-state index contributed by atoms with van der Waals surface area (Å²) >= 11 is 0. The van der Waals surface area contributed by atoms with Crippen molar-refractivity contribution in [1.82, 2.24) is 0 Å². The number of hydrogen-bond acceptors (Lipinski definition) is 6. The summed E-state index contributed by atoms with van der Waals surface area (Å²) in [6.07, 6.45) is 6.90. The van der Waals surface area contributed by atoms with E-state index in [0.717, 1.165) is 51.4 Å². The fraction of sp³-hybridized carbons (Fsp3) is 0.619. The number of ether oxygens (including phenoxy) is 4. The molecule has 1 aromatic rings. The molecule has 0 spiro atoms. The van der Waals surface area contributed by atoms with E-state index in [2.05, 4.69) is 19.2 Å². The summed E-state index contributed by atoms with van der Waals surface area (Å²) in [6.45, 7) is 4.95. The summed E-state index contributed by atoms with van der Waals surface area (Å²) in [6, 6.07) is 4.70. The lowest BCUT2D eigenvalue weighted by molar-refractivity contribution is 0.0962. The van der Waals surface area contributed by atoms with Crippen molar-refractivity contribution in [3.8, 4) is 11.5 Å². The summed E-state index contributed by atoms with van der Waals surface area (Å²) < 4.78 is 20.6. The Morgan fingerprint density at radius 1 is 0.857 bits per heavy atom. The average molecular weight is 395 g/mol. The summed E-state index contributed by atoms with van der Waals surface area (Å²) in [5, 5.41) is 2.63. The highest BCUT2D eigenvalue weighted by atomic mass is 16.7. The molecule has 0 saturated carbocycles. The molecule has 0 aromatic heterocycles. The third kappa shape index (κ3) is 10.0. The van der Waals surface area contributed by atoms with Crippen LogP contribution >= 0.6 is 0 Å². The van der Waals surface area contributed by atoms with Crippen LogP contribution in [0.15, 0.2) is 18.2 Å². The van der Waals surface area contributed by atoms with Crippen LogP contribution in [0.4, 0.5) is 15.3 Å². The predicted octanol–water partition coefficient (Wildman–Crippen LogP) is 5.92. The fourth-order valence-corrected chi connectivity index (χ4v) is 2.48. The summed E-state index contributed by atoms with van der Waals surface area (Å²) in [5.74, 6) is 0.531. The van der Waals surface area contributed by atoms with Crippen molar-refractivity contribution in [3.05, 3.63) is 18.2 Å². The van der Waals surface area contributed by atoms with Crippen LogP contribution < -0.4 is 14.8 Å². The molecule has 1 rings (SSSR count). The van der Waals surface area contributed by atoms with Crippen molar-refractivity contribution in [2.45, 2.75) is 65.2 Å². The molecule has 1 aromatic carbocycles. The number of hydrogen-bond donors (Lipinski definition) is 1. The van der Waals surface area contributed by atoms with Crippen LogP contribution in [0.25, 0.3) is 0 Å². The van der Waals surface area contributed by atoms with Crippen molar-refractivity contribution in [2.24, 2.45) is 0 Å². The fourth-order valence-electron chi connectivity index (χ4n) is 2.48. The standard InChI is InChI=1S/C21H33NO6/c1-4-6-8-10-14-26-20(23)22-17-12-13-18(19(16-17)25-3)28-21(24)27-15-11-9-7-5-2/h12-13,16H,4-11,14-15H2,1-3H3,(H,22,23). The Kier molecular flexibility index (Phi) is 12.3. The van der Waals surface area contributed by atoms with Gasteiger partial charge in [0.1, 0.15) is 0 Å². The van der Waals surface area contributed by atoms with Crippen LogP contribution in [-0.4, -0.2) is 32.6 Å². The molecule has 0 aliphatic carbocycles. The van der Waals surface area contributed by atoms with Gasteiger partial charge in [-0.05, 0) is 25.0 Å². The highest BCUT2D eigenvalue weighted by Crippen LogP contribution is 2.30. The van der Waals surface area contributed by atoms with E-state index < -0.39 is 12.2 Å². The maximum Gasteiger partial charge on any atom is 0.513 e. The molecule has 7 nitrogen and oxygen atoms in total. The van der Waals surface area contributed by atoms with E-state index in [-0.39, 0.29) is 5.75 Å². The van der Waals surface area contributed by atoms with Gasteiger partial charge < -0.3 is 18.9 Å². The summed E-state index contributed by atoms with van der Waals surface area (Å²) in [7, 11) is 1.45. The van der Waals surface area contributed by atoms with Crippen molar-refractivity contribution < 1.29 is 28.5 Å². The van der Waals surface area contributed by atoms with E-state index in [0.29, 0.717) is 24.7 Å². The molecular weight excluding hydrogens is 362 g/mol. The largest absolute Gasteiger partial charge is 0.513 e. The lowest BCUT2D eigenvalue weighted by Gasteiger charge is -2.12. The molecule has 0 saturated heterocycles. The van der Waals surface area contributed by atoms with Crippen LogP contribution in [0.1, 0.15) is 65.2 Å². The first-order valence-corrected chi connectivity index (χ1v) is 10.1. The van der Waals surface area contributed by atoms with Gasteiger partial charge in [-0.3, -0.25) is 5.32 Å². The Morgan fingerprint density at radius 3 is 2.11 bits per heavy atom. The summed E-state index contributed by atoms with van der Waals surface area (Å²) in [5.41, 5.74) is 0.482. The first-order chi connectivity index (χ1) is 13.6. The highest BCUT2D eigenvalue weighted by Gasteiger charge is 2.13. The number of rotatable bonds is 13. The average Bonchev–Trinajstić information content (AvgIpc) is 2.68. The molecule has 0 aliphatic rings. The van der Waals surface area contributed by atoms with Crippen molar-refractivity contribution in [1.29, 1.82) is 0 Å². The minimum Gasteiger partial charge on any atom is -0.493 e. The number of amides is 1. The van der Waals surface area contributed by atoms with Crippen molar-refractivity contribution >= 4 is 17.9 Å². The zero-order chi connectivity index (χ0) is 20.6. The monoisotopic (exact) mass is 395 g/mol. The second-order valence-corrected chi connectivity index (χ2v) is 6.45. The van der Waals surface area contributed by atoms with Crippen LogP contribution in [-0.2, 0) is 9.47 Å². The third-order valence-electron chi connectivity index (χ3n) is 4.05. The van der Waals surface area contributed by atoms with E-state index in [1.54, 1.807) is 12.1 Å². The second-order valence-electron chi connectivity index (χ2n) is 6.45. The maximum atomic E-state index is 11.8. The quantitative estimate of drug-likeness (QED) is 0.254. The molecule has 7 heteroatoms. The molecule has 0 radical (unpaired) electrons. The van der Waals surface area contributed by atoms with Crippen LogP contribution in [0.5, 0.6) is 11.5 Å². The topological polar surface area (TPSA) is 83.1 Å². The first-order valence-electron chi connectivity index (χ1n) is 10.1. The van der Waals surface area contributed by atoms with Gasteiger partial charge in [0.25, 0.3) is 0 Å². The zero-order valence-electron chi connectivity index (χ0n) is 17.3. The van der Waals surface area contributed by atoms with Crippen molar-refractivity contribution in [3.63, 3.8) is 0 Å². The first kappa shape index (κ1) is 23.6. The Bertz CT molecular complexity index is 590. The Balaban J connectivity index is 2.45. The Labute approximate surface area is 167 Å². The maximum absolute atomic E-state index is 11.8. The number of anilines is 1. The summed E-state index contributed by atoms with van der Waals surface area (Å²) in [4.78, 5) is 23.6. The molecule has 1 N–H and O–H groups in total. The smallest absolute Gasteiger partial charge is 0.493 e. The molecule has 0 unspecified atom stereocenters. The van der Waals surface area contributed by atoms with Gasteiger partial charge in [0, 0.05) is 11.8 Å². The minimum atomic E-state index is -0.776. The van der Waals surface area contributed by atoms with Gasteiger partial charge in [0.15, 0.2) is 11.5 Å². The van der Waals surface area contributed by atoms with Gasteiger partial charge in [0.05, 0.1) is 20.3 Å². The van der Waals surface area contributed by atoms with Crippen LogP contribution in [0, 0.1) is 0 Å². The molecule has 0 bridgehead atoms. The van der Waals surface area contributed by atoms with Crippen LogP contribution in [0.2, 0.25) is 0 Å². The number of benzene rings is 1. The third-order valence-corrected chi connectivity index (χ3v) is 4.05. The lowest BCUT2D eigenvalue weighted by Crippen LogP contribution is -2.15. The van der Waals surface area contributed by atoms with E-state index in [9.17, 15) is 9.59 Å². The van der Waals surface area contributed by atoms with Crippen LogP contribution in [0.3, 0.4) is 0 Å². The van der Waals surface area contributed by atoms with Gasteiger partial charge in [0.2, 0.25) is 0 Å². The SMILES string of the molecule is CCCCCCOC(=O)Nc1ccc(OC(=O)OCCCCCC)c(OC)c1. The molecule has 0 atom stereocenters. The van der Waals surface area contributed by atoms with Gasteiger partial charge in [-0.1, -0.05) is 52.4 Å². The number of carbonyl (C=O) groups excluding carboxylic acids is 2. The minimum absolute atomic E-state index is 0.222. The number of nitrogens with one attached hydrogen (secondary N) is 1. The lowest BCUT2D eigenvalue weighted by atomic mass is 10.2. The van der Waals surface area contributed by atoms with Crippen molar-refractivity contribution in [2.75, 3.05) is 25.6 Å². The van der Waals surface area contributed by atoms with E-state index >= 15 is 0 Å². The molecule has 158 valence electrons. The van der Waals surface area contributed by atoms with E-state index in [4.69, 9.17) is 18.9 Å². The Morgan fingerprint density at radius 2 is 1.50 bits per heavy atom. The number of carbonyl (C=O) groups is 2. The normalized spacial score (nSPS) is 10.2. The van der Waals surface area contributed by atoms with E-state index in [1.165, 1.54) is 13.2 Å². The Hall–Kier alpha value is -2.44. The molecule has 0 aliphatic heterocycles. The van der Waals surface area contributed by atoms with Gasteiger partial charge in [-0.25, -0.2) is 9.59 Å². The number of methoxy groups -OCH3 is 1. The van der Waals surface area contributed by atoms with Gasteiger partial charge >= 0.3 is 12.2 Å².